The number of hydrogen-bond acceptors (Lipinski definition) is 1. The molecular weight excluding hydrogens is 327 g/mol. The summed E-state index contributed by atoms with van der Waals surface area (Å²) >= 11 is 12.2. The molecule has 2 nitrogen and oxygen atoms in total. The molecule has 118 valence electrons. The molecule has 23 heavy (non-hydrogen) atoms. The monoisotopic (exact) mass is 344 g/mol. The lowest BCUT2D eigenvalue weighted by Crippen LogP contribution is -2.07. The first-order valence-corrected chi connectivity index (χ1v) is 8.82. The molecule has 0 N–H and O–H groups in total. The normalized spacial score (nSPS) is 15.6. The van der Waals surface area contributed by atoms with Crippen LogP contribution in [0.1, 0.15) is 42.5 Å². The molecule has 0 radical (unpaired) electrons. The highest BCUT2D eigenvalue weighted by Crippen LogP contribution is 2.31. The van der Waals surface area contributed by atoms with Crippen LogP contribution in [0, 0.1) is 0 Å². The van der Waals surface area contributed by atoms with Crippen molar-refractivity contribution in [3.8, 4) is 0 Å². The number of nitrogens with zero attached hydrogens (tertiary/aromatic N) is 2. The van der Waals surface area contributed by atoms with E-state index >= 15 is 0 Å². The summed E-state index contributed by atoms with van der Waals surface area (Å²) in [6, 6.07) is 10.6. The average Bonchev–Trinajstić information content (AvgIpc) is 2.97. The fourth-order valence-electron chi connectivity index (χ4n) is 3.50. The van der Waals surface area contributed by atoms with Gasteiger partial charge in [0.1, 0.15) is 0 Å². The molecule has 1 heterocycles. The lowest BCUT2D eigenvalue weighted by atomic mass is 9.91. The number of rotatable bonds is 2. The van der Waals surface area contributed by atoms with E-state index in [4.69, 9.17) is 23.2 Å². The van der Waals surface area contributed by atoms with Crippen molar-refractivity contribution in [2.24, 2.45) is 0 Å². The third-order valence-corrected chi connectivity index (χ3v) is 5.62. The molecule has 0 unspecified atom stereocenters. The highest BCUT2D eigenvalue weighted by Gasteiger charge is 2.16. The number of aromatic nitrogens is 2. The Hall–Kier alpha value is -1.51. The fraction of sp³-hybridized carbons (Fsp3) is 0.316. The molecule has 3 aromatic rings. The van der Waals surface area contributed by atoms with Gasteiger partial charge in [0.05, 0.1) is 33.4 Å². The van der Waals surface area contributed by atoms with Crippen molar-refractivity contribution in [1.82, 2.24) is 9.55 Å². The number of aryl methyl sites for hydroxylation is 2. The Labute approximate surface area is 146 Å². The molecule has 4 rings (SSSR count). The molecule has 0 saturated carbocycles. The maximum absolute atomic E-state index is 6.18. The molecule has 1 aliphatic carbocycles. The average molecular weight is 345 g/mol. The van der Waals surface area contributed by atoms with E-state index in [2.05, 4.69) is 28.6 Å². The summed E-state index contributed by atoms with van der Waals surface area (Å²) < 4.78 is 2.23. The molecule has 0 aliphatic heterocycles. The Balaban J connectivity index is 1.80. The van der Waals surface area contributed by atoms with Crippen molar-refractivity contribution >= 4 is 34.2 Å². The van der Waals surface area contributed by atoms with Crippen LogP contribution in [0.2, 0.25) is 10.0 Å². The van der Waals surface area contributed by atoms with Crippen LogP contribution < -0.4 is 0 Å². The van der Waals surface area contributed by atoms with E-state index in [9.17, 15) is 0 Å². The number of imidazole rings is 1. The van der Waals surface area contributed by atoms with E-state index in [0.29, 0.717) is 10.0 Å². The van der Waals surface area contributed by atoms with Gasteiger partial charge in [-0.2, -0.15) is 0 Å². The van der Waals surface area contributed by atoms with E-state index in [1.165, 1.54) is 42.3 Å². The van der Waals surface area contributed by atoms with Crippen molar-refractivity contribution < 1.29 is 0 Å². The summed E-state index contributed by atoms with van der Waals surface area (Å²) in [5, 5.41) is 1.19. The molecule has 0 saturated heterocycles. The molecule has 0 fully saturated rings. The molecule has 2 aromatic carbocycles. The summed E-state index contributed by atoms with van der Waals surface area (Å²) in [5.74, 6) is 0. The predicted octanol–water partition coefficient (Wildman–Crippen LogP) is 5.83. The lowest BCUT2D eigenvalue weighted by molar-refractivity contribution is 0.655. The van der Waals surface area contributed by atoms with Crippen LogP contribution in [0.25, 0.3) is 11.0 Å². The molecular formula is C19H18Cl2N2. The minimum Gasteiger partial charge on any atom is -0.323 e. The maximum Gasteiger partial charge on any atom is 0.0964 e. The zero-order chi connectivity index (χ0) is 16.0. The summed E-state index contributed by atoms with van der Waals surface area (Å²) in [5.41, 5.74) is 6.36. The van der Waals surface area contributed by atoms with Gasteiger partial charge in [0.15, 0.2) is 0 Å². The minimum absolute atomic E-state index is 0.163. The van der Waals surface area contributed by atoms with E-state index in [1.807, 2.05) is 24.5 Å². The third kappa shape index (κ3) is 2.64. The number of fused-ring (bicyclic) bond motifs is 2. The van der Waals surface area contributed by atoms with Gasteiger partial charge in [-0.1, -0.05) is 29.3 Å². The van der Waals surface area contributed by atoms with Gasteiger partial charge in [0.2, 0.25) is 0 Å². The lowest BCUT2D eigenvalue weighted by Gasteiger charge is -2.18. The second-order valence-corrected chi connectivity index (χ2v) is 7.13. The van der Waals surface area contributed by atoms with Crippen LogP contribution in [-0.2, 0) is 12.8 Å². The molecule has 1 atom stereocenters. The topological polar surface area (TPSA) is 17.8 Å². The SMILES string of the molecule is C[C@@H](c1ccc(Cl)c(Cl)c1)n1cnc2cc3c(cc21)CCCC3. The summed E-state index contributed by atoms with van der Waals surface area (Å²) in [7, 11) is 0. The Morgan fingerprint density at radius 3 is 2.48 bits per heavy atom. The Morgan fingerprint density at radius 1 is 1.00 bits per heavy atom. The zero-order valence-electron chi connectivity index (χ0n) is 13.0. The van der Waals surface area contributed by atoms with Crippen LogP contribution in [-0.4, -0.2) is 9.55 Å². The molecule has 1 aliphatic rings. The predicted molar refractivity (Wildman–Crippen MR) is 96.7 cm³/mol. The highest BCUT2D eigenvalue weighted by atomic mass is 35.5. The number of halogens is 2. The van der Waals surface area contributed by atoms with Crippen LogP contribution >= 0.6 is 23.2 Å². The van der Waals surface area contributed by atoms with Crippen molar-refractivity contribution in [3.05, 3.63) is 63.4 Å². The van der Waals surface area contributed by atoms with Gasteiger partial charge in [-0.15, -0.1) is 0 Å². The van der Waals surface area contributed by atoms with E-state index in [1.54, 1.807) is 0 Å². The second kappa shape index (κ2) is 5.85. The molecule has 1 aromatic heterocycles. The Kier molecular flexibility index (Phi) is 3.82. The van der Waals surface area contributed by atoms with Gasteiger partial charge < -0.3 is 4.57 Å². The quantitative estimate of drug-likeness (QED) is 0.571. The summed E-state index contributed by atoms with van der Waals surface area (Å²) in [6.07, 6.45) is 6.87. The van der Waals surface area contributed by atoms with Crippen molar-refractivity contribution in [3.63, 3.8) is 0 Å². The summed E-state index contributed by atoms with van der Waals surface area (Å²) in [4.78, 5) is 4.62. The smallest absolute Gasteiger partial charge is 0.0964 e. The standard InChI is InChI=1S/C19H18Cl2N2/c1-12(13-6-7-16(20)17(21)8-13)23-11-22-18-9-14-4-2-3-5-15(14)10-19(18)23/h6-12H,2-5H2,1H3/t12-/m0/s1. The largest absolute Gasteiger partial charge is 0.323 e. The Bertz CT molecular complexity index is 882. The second-order valence-electron chi connectivity index (χ2n) is 6.32. The molecule has 0 amide bonds. The summed E-state index contributed by atoms with van der Waals surface area (Å²) in [6.45, 7) is 2.17. The van der Waals surface area contributed by atoms with Gasteiger partial charge in [0.25, 0.3) is 0 Å². The van der Waals surface area contributed by atoms with Gasteiger partial charge in [-0.3, -0.25) is 0 Å². The van der Waals surface area contributed by atoms with Gasteiger partial charge >= 0.3 is 0 Å². The van der Waals surface area contributed by atoms with Gasteiger partial charge in [-0.05, 0) is 73.6 Å². The van der Waals surface area contributed by atoms with Crippen molar-refractivity contribution in [1.29, 1.82) is 0 Å². The first-order valence-electron chi connectivity index (χ1n) is 8.07. The third-order valence-electron chi connectivity index (χ3n) is 4.88. The van der Waals surface area contributed by atoms with Crippen molar-refractivity contribution in [2.45, 2.75) is 38.6 Å². The first kappa shape index (κ1) is 15.0. The van der Waals surface area contributed by atoms with E-state index in [0.717, 1.165) is 11.1 Å². The highest BCUT2D eigenvalue weighted by molar-refractivity contribution is 6.42. The Morgan fingerprint density at radius 2 is 1.74 bits per heavy atom. The van der Waals surface area contributed by atoms with Crippen LogP contribution in [0.5, 0.6) is 0 Å². The molecule has 0 spiro atoms. The fourth-order valence-corrected chi connectivity index (χ4v) is 3.80. The van der Waals surface area contributed by atoms with Crippen LogP contribution in [0.3, 0.4) is 0 Å². The van der Waals surface area contributed by atoms with Gasteiger partial charge in [-0.25, -0.2) is 4.98 Å². The van der Waals surface area contributed by atoms with E-state index in [-0.39, 0.29) is 6.04 Å². The number of hydrogen-bond donors (Lipinski definition) is 0. The maximum atomic E-state index is 6.18. The number of benzene rings is 2. The van der Waals surface area contributed by atoms with E-state index < -0.39 is 0 Å². The zero-order valence-corrected chi connectivity index (χ0v) is 14.5. The molecule has 4 heteroatoms. The van der Waals surface area contributed by atoms with Crippen LogP contribution in [0.15, 0.2) is 36.7 Å². The van der Waals surface area contributed by atoms with Crippen LogP contribution in [0.4, 0.5) is 0 Å². The minimum atomic E-state index is 0.163. The van der Waals surface area contributed by atoms with Gasteiger partial charge in [0, 0.05) is 0 Å². The molecule has 0 bridgehead atoms. The first-order chi connectivity index (χ1) is 11.1. The van der Waals surface area contributed by atoms with Crippen molar-refractivity contribution in [2.75, 3.05) is 0 Å².